The third-order valence-corrected chi connectivity index (χ3v) is 3.33. The van der Waals surface area contributed by atoms with Crippen molar-refractivity contribution >= 4 is 34.2 Å². The fourth-order valence-electron chi connectivity index (χ4n) is 1.44. The van der Waals surface area contributed by atoms with Crippen LogP contribution in [0, 0.1) is 13.7 Å². The Bertz CT molecular complexity index is 481. The van der Waals surface area contributed by atoms with E-state index < -0.39 is 4.92 Å². The van der Waals surface area contributed by atoms with Crippen molar-refractivity contribution in [2.24, 2.45) is 0 Å². The van der Waals surface area contributed by atoms with Gasteiger partial charge in [-0.2, -0.15) is 0 Å². The van der Waals surface area contributed by atoms with E-state index in [2.05, 4.69) is 5.32 Å². The number of amides is 1. The van der Waals surface area contributed by atoms with Crippen LogP contribution in [0.1, 0.15) is 16.8 Å². The summed E-state index contributed by atoms with van der Waals surface area (Å²) in [6.07, 6.45) is 0.608. The van der Waals surface area contributed by atoms with E-state index in [1.165, 1.54) is 18.2 Å². The number of ether oxygens (including phenoxy) is 1. The number of nitro groups is 1. The minimum Gasteiger partial charge on any atom is -0.394 e. The second kappa shape index (κ2) is 8.82. The summed E-state index contributed by atoms with van der Waals surface area (Å²) in [5.74, 6) is -0.347. The van der Waals surface area contributed by atoms with Crippen molar-refractivity contribution in [3.63, 3.8) is 0 Å². The summed E-state index contributed by atoms with van der Waals surface area (Å²) in [6.45, 7) is 1.09. The van der Waals surface area contributed by atoms with Crippen molar-refractivity contribution in [2.45, 2.75) is 6.42 Å². The van der Waals surface area contributed by atoms with Crippen LogP contribution in [0.25, 0.3) is 0 Å². The zero-order valence-electron chi connectivity index (χ0n) is 10.7. The van der Waals surface area contributed by atoms with E-state index in [4.69, 9.17) is 9.84 Å². The van der Waals surface area contributed by atoms with Crippen LogP contribution >= 0.6 is 22.6 Å². The van der Waals surface area contributed by atoms with Crippen LogP contribution in [0.15, 0.2) is 18.2 Å². The largest absolute Gasteiger partial charge is 0.394 e. The Balaban J connectivity index is 2.50. The maximum Gasteiger partial charge on any atom is 0.270 e. The standard InChI is InChI=1S/C12H15IN2O5/c13-11-3-2-9(15(18)19)8-10(11)12(17)14-4-1-6-20-7-5-16/h2-3,8,16H,1,4-7H2,(H,14,17). The molecule has 110 valence electrons. The van der Waals surface area contributed by atoms with Gasteiger partial charge in [0.2, 0.25) is 0 Å². The number of halogens is 1. The zero-order chi connectivity index (χ0) is 15.0. The molecule has 0 atom stereocenters. The number of rotatable bonds is 8. The van der Waals surface area contributed by atoms with Gasteiger partial charge in [-0.3, -0.25) is 14.9 Å². The van der Waals surface area contributed by atoms with Gasteiger partial charge in [-0.1, -0.05) is 0 Å². The monoisotopic (exact) mass is 394 g/mol. The molecule has 0 aliphatic rings. The summed E-state index contributed by atoms with van der Waals surface area (Å²) in [6, 6.07) is 4.17. The molecule has 0 bridgehead atoms. The molecule has 0 radical (unpaired) electrons. The number of carbonyl (C=O) groups is 1. The van der Waals surface area contributed by atoms with Gasteiger partial charge in [0.1, 0.15) is 0 Å². The molecule has 0 fully saturated rings. The fraction of sp³-hybridized carbons (Fsp3) is 0.417. The molecule has 20 heavy (non-hydrogen) atoms. The first-order chi connectivity index (χ1) is 9.56. The molecule has 7 nitrogen and oxygen atoms in total. The van der Waals surface area contributed by atoms with Gasteiger partial charge in [-0.05, 0) is 35.1 Å². The third-order valence-electron chi connectivity index (χ3n) is 2.39. The number of nitrogens with zero attached hydrogens (tertiary/aromatic N) is 1. The molecule has 2 N–H and O–H groups in total. The first-order valence-electron chi connectivity index (χ1n) is 5.97. The van der Waals surface area contributed by atoms with Crippen molar-refractivity contribution < 1.29 is 19.6 Å². The molecule has 0 saturated heterocycles. The SMILES string of the molecule is O=C(NCCCOCCO)c1cc([N+](=O)[O-])ccc1I. The van der Waals surface area contributed by atoms with Crippen LogP contribution in [0.5, 0.6) is 0 Å². The Hall–Kier alpha value is -1.26. The molecule has 1 amide bonds. The Morgan fingerprint density at radius 1 is 1.45 bits per heavy atom. The number of aliphatic hydroxyl groups excluding tert-OH is 1. The maximum absolute atomic E-state index is 11.9. The highest BCUT2D eigenvalue weighted by Crippen LogP contribution is 2.19. The van der Waals surface area contributed by atoms with E-state index in [0.29, 0.717) is 23.1 Å². The fourth-order valence-corrected chi connectivity index (χ4v) is 2.02. The van der Waals surface area contributed by atoms with Gasteiger partial charge in [0.05, 0.1) is 23.7 Å². The molecular formula is C12H15IN2O5. The summed E-state index contributed by atoms with van der Waals surface area (Å²) in [5, 5.41) is 21.9. The lowest BCUT2D eigenvalue weighted by atomic mass is 10.2. The smallest absolute Gasteiger partial charge is 0.270 e. The van der Waals surface area contributed by atoms with Crippen molar-refractivity contribution in [3.8, 4) is 0 Å². The number of aliphatic hydroxyl groups is 1. The molecule has 1 rings (SSSR count). The topological polar surface area (TPSA) is 102 Å². The molecule has 8 heteroatoms. The molecule has 0 aliphatic carbocycles. The summed E-state index contributed by atoms with van der Waals surface area (Å²) < 4.78 is 5.71. The van der Waals surface area contributed by atoms with Crippen LogP contribution in [0.2, 0.25) is 0 Å². The average molecular weight is 394 g/mol. The molecule has 0 aromatic heterocycles. The second-order valence-electron chi connectivity index (χ2n) is 3.87. The second-order valence-corrected chi connectivity index (χ2v) is 5.03. The van der Waals surface area contributed by atoms with Crippen LogP contribution in [0.3, 0.4) is 0 Å². The molecule has 1 aromatic rings. The van der Waals surface area contributed by atoms with Crippen LogP contribution in [0.4, 0.5) is 5.69 Å². The highest BCUT2D eigenvalue weighted by molar-refractivity contribution is 14.1. The van der Waals surface area contributed by atoms with Crippen molar-refractivity contribution in [3.05, 3.63) is 37.4 Å². The minimum absolute atomic E-state index is 0.0295. The number of non-ortho nitro benzene ring substituents is 1. The van der Waals surface area contributed by atoms with E-state index in [9.17, 15) is 14.9 Å². The van der Waals surface area contributed by atoms with Crippen molar-refractivity contribution in [1.29, 1.82) is 0 Å². The number of nitrogens with one attached hydrogen (secondary N) is 1. The average Bonchev–Trinajstić information content (AvgIpc) is 2.42. The summed E-state index contributed by atoms with van der Waals surface area (Å²) in [7, 11) is 0. The molecule has 1 aromatic carbocycles. The zero-order valence-corrected chi connectivity index (χ0v) is 12.8. The first kappa shape index (κ1) is 16.8. The Morgan fingerprint density at radius 3 is 2.85 bits per heavy atom. The van der Waals surface area contributed by atoms with E-state index in [-0.39, 0.29) is 30.4 Å². The quantitative estimate of drug-likeness (QED) is 0.300. The van der Waals surface area contributed by atoms with E-state index in [1.807, 2.05) is 22.6 Å². The van der Waals surface area contributed by atoms with Gasteiger partial charge in [0.15, 0.2) is 0 Å². The first-order valence-corrected chi connectivity index (χ1v) is 7.05. The lowest BCUT2D eigenvalue weighted by molar-refractivity contribution is -0.384. The lowest BCUT2D eigenvalue weighted by Gasteiger charge is -2.07. The Morgan fingerprint density at radius 2 is 2.20 bits per heavy atom. The number of hydrogen-bond donors (Lipinski definition) is 2. The normalized spacial score (nSPS) is 10.3. The predicted octanol–water partition coefficient (Wildman–Crippen LogP) is 1.33. The van der Waals surface area contributed by atoms with Crippen molar-refractivity contribution in [1.82, 2.24) is 5.32 Å². The number of nitro benzene ring substituents is 1. The van der Waals surface area contributed by atoms with Gasteiger partial charge in [-0.25, -0.2) is 0 Å². The molecule has 0 aliphatic heterocycles. The molecule has 0 unspecified atom stereocenters. The van der Waals surface area contributed by atoms with Gasteiger partial charge in [0.25, 0.3) is 11.6 Å². The van der Waals surface area contributed by atoms with Crippen LogP contribution in [-0.4, -0.2) is 42.3 Å². The molecule has 0 heterocycles. The van der Waals surface area contributed by atoms with E-state index in [1.54, 1.807) is 0 Å². The third kappa shape index (κ3) is 5.39. The summed E-state index contributed by atoms with van der Waals surface area (Å²) in [5.41, 5.74) is 0.179. The highest BCUT2D eigenvalue weighted by Gasteiger charge is 2.14. The number of carbonyl (C=O) groups excluding carboxylic acids is 1. The van der Waals surface area contributed by atoms with Gasteiger partial charge in [0, 0.05) is 28.9 Å². The Labute approximate surface area is 129 Å². The van der Waals surface area contributed by atoms with E-state index >= 15 is 0 Å². The Kier molecular flexibility index (Phi) is 7.41. The van der Waals surface area contributed by atoms with Crippen LogP contribution in [-0.2, 0) is 4.74 Å². The molecular weight excluding hydrogens is 379 g/mol. The molecule has 0 saturated carbocycles. The summed E-state index contributed by atoms with van der Waals surface area (Å²) in [4.78, 5) is 22.1. The number of benzene rings is 1. The van der Waals surface area contributed by atoms with Crippen LogP contribution < -0.4 is 5.32 Å². The highest BCUT2D eigenvalue weighted by atomic mass is 127. The molecule has 0 spiro atoms. The van der Waals surface area contributed by atoms with Gasteiger partial charge >= 0.3 is 0 Å². The minimum atomic E-state index is -0.532. The van der Waals surface area contributed by atoms with Gasteiger partial charge < -0.3 is 15.2 Å². The van der Waals surface area contributed by atoms with E-state index in [0.717, 1.165) is 0 Å². The predicted molar refractivity (Wildman–Crippen MR) is 80.7 cm³/mol. The van der Waals surface area contributed by atoms with Gasteiger partial charge in [-0.15, -0.1) is 0 Å². The number of hydrogen-bond acceptors (Lipinski definition) is 5. The van der Waals surface area contributed by atoms with Crippen molar-refractivity contribution in [2.75, 3.05) is 26.4 Å². The summed E-state index contributed by atoms with van der Waals surface area (Å²) >= 11 is 1.96. The lowest BCUT2D eigenvalue weighted by Crippen LogP contribution is -2.26. The maximum atomic E-state index is 11.9.